The van der Waals surface area contributed by atoms with Gasteiger partial charge in [0.1, 0.15) is 10.6 Å². The minimum absolute atomic E-state index is 0.0841. The van der Waals surface area contributed by atoms with Gasteiger partial charge in [-0.25, -0.2) is 8.42 Å². The lowest BCUT2D eigenvalue weighted by atomic mass is 10.3. The number of piperazine rings is 1. The molecule has 106 valence electrons. The van der Waals surface area contributed by atoms with E-state index in [-0.39, 0.29) is 16.7 Å². The van der Waals surface area contributed by atoms with Crippen molar-refractivity contribution in [1.29, 1.82) is 0 Å². The summed E-state index contributed by atoms with van der Waals surface area (Å²) in [5.41, 5.74) is 0. The number of ether oxygens (including phenoxy) is 1. The predicted molar refractivity (Wildman–Crippen MR) is 74.2 cm³/mol. The number of hydrogen-bond acceptors (Lipinski definition) is 4. The Labute approximate surface area is 118 Å². The SMILES string of the molecule is COc1cc(Cl)ccc1S(=O)(=O)N1CCNC[C@@H]1C. The lowest BCUT2D eigenvalue weighted by molar-refractivity contribution is 0.282. The molecule has 1 N–H and O–H groups in total. The van der Waals surface area contributed by atoms with E-state index in [9.17, 15) is 8.42 Å². The number of nitrogens with one attached hydrogen (secondary N) is 1. The summed E-state index contributed by atoms with van der Waals surface area (Å²) in [6, 6.07) is 4.48. The molecule has 0 amide bonds. The maximum atomic E-state index is 12.7. The van der Waals surface area contributed by atoms with Crippen LogP contribution in [0.15, 0.2) is 23.1 Å². The molecule has 0 unspecified atom stereocenters. The zero-order chi connectivity index (χ0) is 14.0. The van der Waals surface area contributed by atoms with Gasteiger partial charge in [0.25, 0.3) is 0 Å². The van der Waals surface area contributed by atoms with Gasteiger partial charge in [0, 0.05) is 36.8 Å². The van der Waals surface area contributed by atoms with E-state index in [4.69, 9.17) is 16.3 Å². The molecule has 1 heterocycles. The normalized spacial score (nSPS) is 21.3. The maximum absolute atomic E-state index is 12.7. The van der Waals surface area contributed by atoms with E-state index in [2.05, 4.69) is 5.32 Å². The van der Waals surface area contributed by atoms with Crippen molar-refractivity contribution in [3.8, 4) is 5.75 Å². The molecule has 1 aliphatic heterocycles. The molecule has 0 aliphatic carbocycles. The van der Waals surface area contributed by atoms with Crippen LogP contribution in [-0.2, 0) is 10.0 Å². The first kappa shape index (κ1) is 14.6. The van der Waals surface area contributed by atoms with Crippen LogP contribution >= 0.6 is 11.6 Å². The van der Waals surface area contributed by atoms with Crippen molar-refractivity contribution in [2.24, 2.45) is 0 Å². The van der Waals surface area contributed by atoms with Crippen LogP contribution in [-0.4, -0.2) is 45.5 Å². The van der Waals surface area contributed by atoms with Crippen LogP contribution in [0.2, 0.25) is 5.02 Å². The Morgan fingerprint density at radius 1 is 1.47 bits per heavy atom. The Bertz CT molecular complexity index is 562. The molecule has 5 nitrogen and oxygen atoms in total. The summed E-state index contributed by atoms with van der Waals surface area (Å²) in [6.45, 7) is 3.63. The number of rotatable bonds is 3. The average Bonchev–Trinajstić information content (AvgIpc) is 2.38. The largest absolute Gasteiger partial charge is 0.495 e. The molecule has 0 aromatic heterocycles. The van der Waals surface area contributed by atoms with Crippen LogP contribution < -0.4 is 10.1 Å². The van der Waals surface area contributed by atoms with E-state index in [1.54, 1.807) is 6.07 Å². The fraction of sp³-hybridized carbons (Fsp3) is 0.500. The summed E-state index contributed by atoms with van der Waals surface area (Å²) in [6.07, 6.45) is 0. The van der Waals surface area contributed by atoms with Gasteiger partial charge in [0.15, 0.2) is 0 Å². The minimum atomic E-state index is -3.56. The van der Waals surface area contributed by atoms with Gasteiger partial charge in [-0.15, -0.1) is 0 Å². The monoisotopic (exact) mass is 304 g/mol. The number of nitrogens with zero attached hydrogens (tertiary/aromatic N) is 1. The second kappa shape index (κ2) is 5.66. The summed E-state index contributed by atoms with van der Waals surface area (Å²) in [5, 5.41) is 3.62. The summed E-state index contributed by atoms with van der Waals surface area (Å²) >= 11 is 5.86. The fourth-order valence-electron chi connectivity index (χ4n) is 2.16. The van der Waals surface area contributed by atoms with E-state index in [1.807, 2.05) is 6.92 Å². The summed E-state index contributed by atoms with van der Waals surface area (Å²) < 4.78 is 32.0. The van der Waals surface area contributed by atoms with E-state index in [0.717, 1.165) is 0 Å². The van der Waals surface area contributed by atoms with Crippen LogP contribution in [0, 0.1) is 0 Å². The van der Waals surface area contributed by atoms with Crippen LogP contribution in [0.1, 0.15) is 6.92 Å². The highest BCUT2D eigenvalue weighted by Gasteiger charge is 2.32. The van der Waals surface area contributed by atoms with Crippen molar-refractivity contribution in [2.45, 2.75) is 17.9 Å². The quantitative estimate of drug-likeness (QED) is 0.915. The van der Waals surface area contributed by atoms with Crippen molar-refractivity contribution in [1.82, 2.24) is 9.62 Å². The van der Waals surface area contributed by atoms with Crippen LogP contribution in [0.25, 0.3) is 0 Å². The van der Waals surface area contributed by atoms with Gasteiger partial charge < -0.3 is 10.1 Å². The van der Waals surface area contributed by atoms with Crippen molar-refractivity contribution < 1.29 is 13.2 Å². The second-order valence-corrected chi connectivity index (χ2v) is 6.76. The molecule has 2 rings (SSSR count). The van der Waals surface area contributed by atoms with E-state index < -0.39 is 10.0 Å². The molecular weight excluding hydrogens is 288 g/mol. The van der Waals surface area contributed by atoms with Crippen molar-refractivity contribution in [2.75, 3.05) is 26.7 Å². The van der Waals surface area contributed by atoms with E-state index in [1.165, 1.54) is 23.5 Å². The van der Waals surface area contributed by atoms with Gasteiger partial charge in [0.05, 0.1) is 7.11 Å². The number of sulfonamides is 1. The molecule has 0 bridgehead atoms. The first-order valence-electron chi connectivity index (χ1n) is 6.03. The molecule has 1 saturated heterocycles. The Morgan fingerprint density at radius 3 is 2.84 bits per heavy atom. The number of hydrogen-bond donors (Lipinski definition) is 1. The average molecular weight is 305 g/mol. The molecule has 1 aromatic carbocycles. The number of benzene rings is 1. The molecule has 0 spiro atoms. The molecule has 1 atom stereocenters. The molecular formula is C12H17ClN2O3S. The topological polar surface area (TPSA) is 58.6 Å². The highest BCUT2D eigenvalue weighted by Crippen LogP contribution is 2.30. The van der Waals surface area contributed by atoms with Crippen LogP contribution in [0.4, 0.5) is 0 Å². The zero-order valence-corrected chi connectivity index (χ0v) is 12.5. The van der Waals surface area contributed by atoms with Crippen LogP contribution in [0.3, 0.4) is 0 Å². The predicted octanol–water partition coefficient (Wildman–Crippen LogP) is 1.33. The van der Waals surface area contributed by atoms with E-state index in [0.29, 0.717) is 24.7 Å². The summed E-state index contributed by atoms with van der Waals surface area (Å²) in [7, 11) is -2.12. The highest BCUT2D eigenvalue weighted by atomic mass is 35.5. The van der Waals surface area contributed by atoms with Crippen LogP contribution in [0.5, 0.6) is 5.75 Å². The van der Waals surface area contributed by atoms with Gasteiger partial charge in [-0.05, 0) is 19.1 Å². The van der Waals surface area contributed by atoms with Gasteiger partial charge in [0.2, 0.25) is 10.0 Å². The third-order valence-electron chi connectivity index (χ3n) is 3.15. The first-order valence-corrected chi connectivity index (χ1v) is 7.84. The van der Waals surface area contributed by atoms with Gasteiger partial charge >= 0.3 is 0 Å². The molecule has 1 fully saturated rings. The van der Waals surface area contributed by atoms with Gasteiger partial charge in [-0.2, -0.15) is 4.31 Å². The van der Waals surface area contributed by atoms with Crippen molar-refractivity contribution >= 4 is 21.6 Å². The number of methoxy groups -OCH3 is 1. The third-order valence-corrected chi connectivity index (χ3v) is 5.44. The number of halogens is 1. The highest BCUT2D eigenvalue weighted by molar-refractivity contribution is 7.89. The summed E-state index contributed by atoms with van der Waals surface area (Å²) in [5.74, 6) is 0.276. The van der Waals surface area contributed by atoms with Crippen molar-refractivity contribution in [3.63, 3.8) is 0 Å². The Hall–Kier alpha value is -0.820. The fourth-order valence-corrected chi connectivity index (χ4v) is 4.09. The molecule has 19 heavy (non-hydrogen) atoms. The van der Waals surface area contributed by atoms with E-state index >= 15 is 0 Å². The Morgan fingerprint density at radius 2 is 2.21 bits per heavy atom. The first-order chi connectivity index (χ1) is 8.96. The van der Waals surface area contributed by atoms with Crippen molar-refractivity contribution in [3.05, 3.63) is 23.2 Å². The molecule has 7 heteroatoms. The maximum Gasteiger partial charge on any atom is 0.247 e. The van der Waals surface area contributed by atoms with Gasteiger partial charge in [-0.1, -0.05) is 11.6 Å². The third kappa shape index (κ3) is 2.86. The molecule has 0 saturated carbocycles. The minimum Gasteiger partial charge on any atom is -0.495 e. The standard InChI is InChI=1S/C12H17ClN2O3S/c1-9-8-14-5-6-15(9)19(16,17)12-4-3-10(13)7-11(12)18-2/h3-4,7,9,14H,5-6,8H2,1-2H3/t9-/m0/s1. The lowest BCUT2D eigenvalue weighted by Crippen LogP contribution is -2.52. The molecule has 1 aliphatic rings. The molecule has 1 aromatic rings. The zero-order valence-electron chi connectivity index (χ0n) is 10.9. The van der Waals surface area contributed by atoms with Gasteiger partial charge in [-0.3, -0.25) is 0 Å². The Balaban J connectivity index is 2.44. The smallest absolute Gasteiger partial charge is 0.247 e. The second-order valence-electron chi connectivity index (χ2n) is 4.46. The summed E-state index contributed by atoms with van der Waals surface area (Å²) in [4.78, 5) is 0.160. The Kier molecular flexibility index (Phi) is 4.35. The lowest BCUT2D eigenvalue weighted by Gasteiger charge is -2.33. The molecule has 0 radical (unpaired) electrons.